The number of rotatable bonds is 3. The minimum atomic E-state index is 0.0968. The molecule has 1 fully saturated rings. The molecular formula is C14H18N4O. The Hall–Kier alpha value is -1.90. The van der Waals surface area contributed by atoms with E-state index in [1.165, 1.54) is 0 Å². The van der Waals surface area contributed by atoms with E-state index in [9.17, 15) is 4.79 Å². The highest BCUT2D eigenvalue weighted by atomic mass is 16.2. The number of likely N-dealkylation sites (N-methyl/N-ethyl adjacent to an activating group) is 2. The Morgan fingerprint density at radius 1 is 1.42 bits per heavy atom. The number of nitriles is 1. The molecule has 1 aliphatic heterocycles. The summed E-state index contributed by atoms with van der Waals surface area (Å²) in [6.07, 6.45) is 0. The molecule has 1 aliphatic rings. The third kappa shape index (κ3) is 2.92. The lowest BCUT2D eigenvalue weighted by atomic mass is 10.1. The number of nitrogens with zero attached hydrogens (tertiary/aromatic N) is 3. The highest BCUT2D eigenvalue weighted by Crippen LogP contribution is 2.19. The van der Waals surface area contributed by atoms with Gasteiger partial charge in [-0.25, -0.2) is 0 Å². The zero-order valence-electron chi connectivity index (χ0n) is 11.3. The summed E-state index contributed by atoms with van der Waals surface area (Å²) in [6, 6.07) is 9.54. The van der Waals surface area contributed by atoms with Gasteiger partial charge < -0.3 is 10.2 Å². The van der Waals surface area contributed by atoms with Crippen LogP contribution < -0.4 is 10.2 Å². The third-order valence-electron chi connectivity index (χ3n) is 3.45. The Balaban J connectivity index is 2.17. The zero-order valence-corrected chi connectivity index (χ0v) is 11.3. The van der Waals surface area contributed by atoms with E-state index in [0.29, 0.717) is 24.7 Å². The molecule has 100 valence electrons. The molecule has 1 atom stereocenters. The Morgan fingerprint density at radius 3 is 2.68 bits per heavy atom. The molecule has 1 aromatic carbocycles. The van der Waals surface area contributed by atoms with Crippen molar-refractivity contribution in [1.82, 2.24) is 10.2 Å². The van der Waals surface area contributed by atoms with Crippen LogP contribution in [0.3, 0.4) is 0 Å². The van der Waals surface area contributed by atoms with Gasteiger partial charge in [0, 0.05) is 24.8 Å². The van der Waals surface area contributed by atoms with Gasteiger partial charge in [-0.3, -0.25) is 9.69 Å². The van der Waals surface area contributed by atoms with Crippen molar-refractivity contribution < 1.29 is 4.79 Å². The van der Waals surface area contributed by atoms with Crippen molar-refractivity contribution in [3.8, 4) is 6.07 Å². The summed E-state index contributed by atoms with van der Waals surface area (Å²) in [7, 11) is 3.88. The summed E-state index contributed by atoms with van der Waals surface area (Å²) >= 11 is 0. The van der Waals surface area contributed by atoms with Gasteiger partial charge in [0.1, 0.15) is 0 Å². The van der Waals surface area contributed by atoms with Gasteiger partial charge in [0.15, 0.2) is 0 Å². The molecule has 1 unspecified atom stereocenters. The number of anilines is 1. The van der Waals surface area contributed by atoms with Gasteiger partial charge in [-0.1, -0.05) is 0 Å². The molecule has 0 saturated carbocycles. The fourth-order valence-electron chi connectivity index (χ4n) is 2.30. The van der Waals surface area contributed by atoms with Crippen LogP contribution in [0.5, 0.6) is 0 Å². The molecule has 19 heavy (non-hydrogen) atoms. The molecule has 2 rings (SSSR count). The Morgan fingerprint density at radius 2 is 2.11 bits per heavy atom. The molecule has 1 N–H and O–H groups in total. The second kappa shape index (κ2) is 5.83. The van der Waals surface area contributed by atoms with Gasteiger partial charge in [0.2, 0.25) is 5.91 Å². The van der Waals surface area contributed by atoms with Gasteiger partial charge in [0.05, 0.1) is 18.2 Å². The van der Waals surface area contributed by atoms with Crippen molar-refractivity contribution in [1.29, 1.82) is 5.26 Å². The smallest absolute Gasteiger partial charge is 0.241 e. The maximum absolute atomic E-state index is 12.1. The van der Waals surface area contributed by atoms with E-state index in [-0.39, 0.29) is 5.91 Å². The van der Waals surface area contributed by atoms with Crippen LogP contribution in [0.4, 0.5) is 5.69 Å². The third-order valence-corrected chi connectivity index (χ3v) is 3.45. The lowest BCUT2D eigenvalue weighted by Gasteiger charge is -2.39. The average molecular weight is 258 g/mol. The van der Waals surface area contributed by atoms with Crippen molar-refractivity contribution in [2.24, 2.45) is 0 Å². The maximum atomic E-state index is 12.1. The quantitative estimate of drug-likeness (QED) is 0.854. The average Bonchev–Trinajstić information content (AvgIpc) is 2.42. The number of amides is 1. The second-order valence-electron chi connectivity index (χ2n) is 4.79. The van der Waals surface area contributed by atoms with E-state index in [2.05, 4.69) is 16.3 Å². The van der Waals surface area contributed by atoms with Crippen LogP contribution >= 0.6 is 0 Å². The minimum Gasteiger partial charge on any atom is -0.318 e. The number of hydrogen-bond acceptors (Lipinski definition) is 4. The van der Waals surface area contributed by atoms with Crippen molar-refractivity contribution >= 4 is 11.6 Å². The first-order valence-electron chi connectivity index (χ1n) is 6.31. The van der Waals surface area contributed by atoms with Gasteiger partial charge in [-0.15, -0.1) is 0 Å². The summed E-state index contributed by atoms with van der Waals surface area (Å²) in [5.41, 5.74) is 1.47. The molecule has 0 spiro atoms. The van der Waals surface area contributed by atoms with Crippen LogP contribution in [0, 0.1) is 11.3 Å². The van der Waals surface area contributed by atoms with Crippen LogP contribution in [0.1, 0.15) is 5.56 Å². The number of hydrogen-bond donors (Lipinski definition) is 1. The molecule has 0 radical (unpaired) electrons. The van der Waals surface area contributed by atoms with Gasteiger partial charge in [0.25, 0.3) is 0 Å². The topological polar surface area (TPSA) is 59.4 Å². The molecule has 0 aliphatic carbocycles. The maximum Gasteiger partial charge on any atom is 0.241 e. The highest BCUT2D eigenvalue weighted by Gasteiger charge is 2.29. The second-order valence-corrected chi connectivity index (χ2v) is 4.79. The van der Waals surface area contributed by atoms with Crippen molar-refractivity contribution in [2.45, 2.75) is 6.04 Å². The minimum absolute atomic E-state index is 0.0968. The van der Waals surface area contributed by atoms with Crippen LogP contribution in [0.25, 0.3) is 0 Å². The van der Waals surface area contributed by atoms with Crippen LogP contribution in [-0.4, -0.2) is 50.6 Å². The summed E-state index contributed by atoms with van der Waals surface area (Å²) in [5, 5.41) is 11.9. The van der Waals surface area contributed by atoms with Gasteiger partial charge in [-0.05, 0) is 38.4 Å². The molecule has 1 aromatic rings. The predicted octanol–water partition coefficient (Wildman–Crippen LogP) is 0.425. The summed E-state index contributed by atoms with van der Waals surface area (Å²) < 4.78 is 0. The van der Waals surface area contributed by atoms with Crippen molar-refractivity contribution in [2.75, 3.05) is 38.6 Å². The Kier molecular flexibility index (Phi) is 4.15. The SMILES string of the molecule is CNCC1CN(c2ccc(C#N)cc2)C(=O)CN1C. The molecule has 1 amide bonds. The molecule has 5 nitrogen and oxygen atoms in total. The summed E-state index contributed by atoms with van der Waals surface area (Å²) in [6.45, 7) is 1.94. The molecule has 0 bridgehead atoms. The van der Waals surface area contributed by atoms with Crippen molar-refractivity contribution in [3.63, 3.8) is 0 Å². The highest BCUT2D eigenvalue weighted by molar-refractivity contribution is 5.95. The predicted molar refractivity (Wildman–Crippen MR) is 73.9 cm³/mol. The fourth-order valence-corrected chi connectivity index (χ4v) is 2.30. The fraction of sp³-hybridized carbons (Fsp3) is 0.429. The van der Waals surface area contributed by atoms with Crippen LogP contribution in [0.15, 0.2) is 24.3 Å². The number of carbonyl (C=O) groups is 1. The largest absolute Gasteiger partial charge is 0.318 e. The zero-order chi connectivity index (χ0) is 13.8. The van der Waals surface area contributed by atoms with E-state index in [4.69, 9.17) is 5.26 Å². The summed E-state index contributed by atoms with van der Waals surface area (Å²) in [4.78, 5) is 16.0. The molecule has 0 aromatic heterocycles. The first-order valence-corrected chi connectivity index (χ1v) is 6.31. The van der Waals surface area contributed by atoms with E-state index in [1.807, 2.05) is 26.2 Å². The number of nitrogens with one attached hydrogen (secondary N) is 1. The molecule has 5 heteroatoms. The lowest BCUT2D eigenvalue weighted by molar-refractivity contribution is -0.121. The Bertz CT molecular complexity index is 491. The van der Waals surface area contributed by atoms with Gasteiger partial charge in [-0.2, -0.15) is 5.26 Å². The van der Waals surface area contributed by atoms with Gasteiger partial charge >= 0.3 is 0 Å². The van der Waals surface area contributed by atoms with E-state index in [0.717, 1.165) is 12.2 Å². The van der Waals surface area contributed by atoms with E-state index < -0.39 is 0 Å². The van der Waals surface area contributed by atoms with Crippen LogP contribution in [0.2, 0.25) is 0 Å². The number of carbonyl (C=O) groups excluding carboxylic acids is 1. The first kappa shape index (κ1) is 13.5. The Labute approximate surface area is 113 Å². The molecule has 1 heterocycles. The normalized spacial score (nSPS) is 20.4. The molecular weight excluding hydrogens is 240 g/mol. The van der Waals surface area contributed by atoms with Crippen molar-refractivity contribution in [3.05, 3.63) is 29.8 Å². The number of piperazine rings is 1. The van der Waals surface area contributed by atoms with E-state index >= 15 is 0 Å². The summed E-state index contributed by atoms with van der Waals surface area (Å²) in [5.74, 6) is 0.0968. The first-order chi connectivity index (χ1) is 9.15. The van der Waals surface area contributed by atoms with E-state index in [1.54, 1.807) is 17.0 Å². The molecule has 1 saturated heterocycles. The lowest BCUT2D eigenvalue weighted by Crippen LogP contribution is -2.57. The standard InChI is InChI=1S/C14H18N4O/c1-16-8-13-9-18(14(19)10-17(13)2)12-5-3-11(7-15)4-6-12/h3-6,13,16H,8-10H2,1-2H3. The number of benzene rings is 1. The van der Waals surface area contributed by atoms with Crippen LogP contribution in [-0.2, 0) is 4.79 Å². The monoisotopic (exact) mass is 258 g/mol.